The molecule has 1 saturated carbocycles. The number of carbonyl (C=O) groups is 3. The van der Waals surface area contributed by atoms with Crippen LogP contribution in [0.4, 0.5) is 0 Å². The van der Waals surface area contributed by atoms with Crippen LogP contribution in [0.3, 0.4) is 0 Å². The monoisotopic (exact) mass is 290 g/mol. The van der Waals surface area contributed by atoms with Gasteiger partial charge in [0.1, 0.15) is 11.4 Å². The van der Waals surface area contributed by atoms with Crippen molar-refractivity contribution in [3.8, 4) is 0 Å². The van der Waals surface area contributed by atoms with E-state index in [1.165, 1.54) is 13.0 Å². The minimum atomic E-state index is -0.182. The fourth-order valence-corrected chi connectivity index (χ4v) is 2.51. The maximum atomic E-state index is 12.3. The first kappa shape index (κ1) is 13.8. The van der Waals surface area contributed by atoms with E-state index in [2.05, 4.69) is 15.5 Å². The number of rotatable bonds is 4. The van der Waals surface area contributed by atoms with E-state index in [9.17, 15) is 14.4 Å². The van der Waals surface area contributed by atoms with Crippen molar-refractivity contribution in [2.45, 2.75) is 32.2 Å². The van der Waals surface area contributed by atoms with Crippen LogP contribution >= 0.6 is 0 Å². The number of ketones is 1. The van der Waals surface area contributed by atoms with Crippen LogP contribution in [0.1, 0.15) is 47.2 Å². The van der Waals surface area contributed by atoms with Gasteiger partial charge in [-0.1, -0.05) is 0 Å². The molecule has 3 rings (SSSR count). The highest BCUT2D eigenvalue weighted by molar-refractivity contribution is 5.97. The summed E-state index contributed by atoms with van der Waals surface area (Å²) < 4.78 is 0. The Bertz CT molecular complexity index is 591. The molecule has 1 aromatic rings. The van der Waals surface area contributed by atoms with Crippen LogP contribution in [0.2, 0.25) is 0 Å². The van der Waals surface area contributed by atoms with Gasteiger partial charge in [0, 0.05) is 32.0 Å². The Kier molecular flexibility index (Phi) is 3.48. The molecule has 7 heteroatoms. The van der Waals surface area contributed by atoms with E-state index in [4.69, 9.17) is 0 Å². The number of hydrogen-bond acceptors (Lipinski definition) is 4. The van der Waals surface area contributed by atoms with Crippen LogP contribution < -0.4 is 5.32 Å². The summed E-state index contributed by atoms with van der Waals surface area (Å²) in [6.45, 7) is 2.51. The molecular formula is C14H18N4O3. The molecule has 1 saturated heterocycles. The molecule has 7 nitrogen and oxygen atoms in total. The number of Topliss-reactive ketones (excluding diaryl/α,β-unsaturated/α-hetero) is 1. The maximum absolute atomic E-state index is 12.3. The lowest BCUT2D eigenvalue weighted by molar-refractivity contribution is -0.122. The van der Waals surface area contributed by atoms with Crippen LogP contribution in [0, 0.1) is 5.92 Å². The number of likely N-dealkylation sites (tertiary alicyclic amines) is 1. The molecule has 1 aliphatic heterocycles. The van der Waals surface area contributed by atoms with Gasteiger partial charge in [-0.25, -0.2) is 0 Å². The van der Waals surface area contributed by atoms with E-state index in [1.54, 1.807) is 4.90 Å². The van der Waals surface area contributed by atoms with Gasteiger partial charge in [0.25, 0.3) is 5.91 Å². The van der Waals surface area contributed by atoms with E-state index in [0.717, 1.165) is 19.3 Å². The summed E-state index contributed by atoms with van der Waals surface area (Å²) in [5, 5.41) is 9.40. The molecule has 1 aromatic heterocycles. The van der Waals surface area contributed by atoms with E-state index >= 15 is 0 Å². The van der Waals surface area contributed by atoms with Crippen molar-refractivity contribution in [1.82, 2.24) is 20.4 Å². The number of carbonyl (C=O) groups excluding carboxylic acids is 3. The predicted octanol–water partition coefficient (Wildman–Crippen LogP) is 0.353. The van der Waals surface area contributed by atoms with Gasteiger partial charge in [0.15, 0.2) is 5.78 Å². The Morgan fingerprint density at radius 3 is 2.71 bits per heavy atom. The minimum absolute atomic E-state index is 0.0252. The molecule has 112 valence electrons. The molecule has 2 N–H and O–H groups in total. The molecule has 21 heavy (non-hydrogen) atoms. The van der Waals surface area contributed by atoms with Crippen molar-refractivity contribution >= 4 is 17.6 Å². The number of hydrogen-bond donors (Lipinski definition) is 2. The zero-order valence-electron chi connectivity index (χ0n) is 11.9. The van der Waals surface area contributed by atoms with Gasteiger partial charge in [-0.2, -0.15) is 5.10 Å². The van der Waals surface area contributed by atoms with Gasteiger partial charge in [-0.15, -0.1) is 0 Å². The van der Waals surface area contributed by atoms with Crippen molar-refractivity contribution in [1.29, 1.82) is 0 Å². The summed E-state index contributed by atoms with van der Waals surface area (Å²) in [5.74, 6) is -0.0744. The summed E-state index contributed by atoms with van der Waals surface area (Å²) in [6.07, 6.45) is 2.71. The third kappa shape index (κ3) is 2.96. The van der Waals surface area contributed by atoms with Gasteiger partial charge in [-0.05, 0) is 25.3 Å². The first-order chi connectivity index (χ1) is 10.0. The van der Waals surface area contributed by atoms with Crippen molar-refractivity contribution < 1.29 is 14.4 Å². The van der Waals surface area contributed by atoms with Crippen molar-refractivity contribution in [2.24, 2.45) is 5.92 Å². The molecule has 1 atom stereocenters. The number of nitrogens with zero attached hydrogens (tertiary/aromatic N) is 2. The molecule has 2 heterocycles. The van der Waals surface area contributed by atoms with Gasteiger partial charge in [-0.3, -0.25) is 19.5 Å². The lowest BCUT2D eigenvalue weighted by Crippen LogP contribution is -2.39. The second kappa shape index (κ2) is 5.31. The molecule has 0 spiro atoms. The molecule has 0 radical (unpaired) electrons. The minimum Gasteiger partial charge on any atom is -0.351 e. The zero-order valence-corrected chi connectivity index (χ0v) is 11.9. The Balaban J connectivity index is 1.58. The van der Waals surface area contributed by atoms with E-state index in [-0.39, 0.29) is 35.3 Å². The average Bonchev–Trinajstić information content (AvgIpc) is 3.01. The maximum Gasteiger partial charge on any atom is 0.271 e. The predicted molar refractivity (Wildman–Crippen MR) is 73.8 cm³/mol. The number of aromatic amines is 1. The molecule has 0 aromatic carbocycles. The Morgan fingerprint density at radius 2 is 2.10 bits per heavy atom. The van der Waals surface area contributed by atoms with E-state index in [0.29, 0.717) is 18.8 Å². The summed E-state index contributed by atoms with van der Waals surface area (Å²) in [4.78, 5) is 36.9. The largest absolute Gasteiger partial charge is 0.351 e. The topological polar surface area (TPSA) is 95.2 Å². The van der Waals surface area contributed by atoms with Crippen LogP contribution in [-0.2, 0) is 4.79 Å². The van der Waals surface area contributed by atoms with Crippen molar-refractivity contribution in [2.75, 3.05) is 13.1 Å². The number of nitrogens with one attached hydrogen (secondary N) is 2. The first-order valence-corrected chi connectivity index (χ1v) is 7.20. The molecule has 0 bridgehead atoms. The van der Waals surface area contributed by atoms with E-state index in [1.807, 2.05) is 0 Å². The molecular weight excluding hydrogens is 272 g/mol. The SMILES string of the molecule is CC(=O)c1cc(C(=O)N2CCC(NC(=O)C3CC3)C2)[nH]n1. The Morgan fingerprint density at radius 1 is 1.33 bits per heavy atom. The highest BCUT2D eigenvalue weighted by atomic mass is 16.2. The standard InChI is InChI=1S/C14H18N4O3/c1-8(19)11-6-12(17-16-11)14(21)18-5-4-10(7-18)15-13(20)9-2-3-9/h6,9-10H,2-5,7H2,1H3,(H,15,20)(H,16,17). The molecule has 1 aliphatic carbocycles. The van der Waals surface area contributed by atoms with Gasteiger partial charge in [0.2, 0.25) is 5.91 Å². The van der Waals surface area contributed by atoms with Crippen molar-refractivity contribution in [3.63, 3.8) is 0 Å². The van der Waals surface area contributed by atoms with Crippen molar-refractivity contribution in [3.05, 3.63) is 17.5 Å². The first-order valence-electron chi connectivity index (χ1n) is 7.20. The van der Waals surface area contributed by atoms with Crippen LogP contribution in [-0.4, -0.2) is 51.8 Å². The highest BCUT2D eigenvalue weighted by Gasteiger charge is 2.34. The van der Waals surface area contributed by atoms with Crippen LogP contribution in [0.5, 0.6) is 0 Å². The van der Waals surface area contributed by atoms with Crippen LogP contribution in [0.15, 0.2) is 6.07 Å². The Labute approximate surface area is 122 Å². The molecule has 2 aliphatic rings. The third-order valence-corrected chi connectivity index (χ3v) is 3.94. The number of aromatic nitrogens is 2. The normalized spacial score (nSPS) is 21.4. The second-order valence-electron chi connectivity index (χ2n) is 5.74. The van der Waals surface area contributed by atoms with E-state index < -0.39 is 0 Å². The summed E-state index contributed by atoms with van der Waals surface area (Å²) >= 11 is 0. The molecule has 2 fully saturated rings. The second-order valence-corrected chi connectivity index (χ2v) is 5.74. The highest BCUT2D eigenvalue weighted by Crippen LogP contribution is 2.29. The van der Waals surface area contributed by atoms with Gasteiger partial charge in [0.05, 0.1) is 0 Å². The van der Waals surface area contributed by atoms with Crippen LogP contribution in [0.25, 0.3) is 0 Å². The lowest BCUT2D eigenvalue weighted by Gasteiger charge is -2.16. The summed E-state index contributed by atoms with van der Waals surface area (Å²) in [5.41, 5.74) is 0.575. The molecule has 2 amide bonds. The number of amides is 2. The molecule has 1 unspecified atom stereocenters. The smallest absolute Gasteiger partial charge is 0.271 e. The van der Waals surface area contributed by atoms with Gasteiger partial charge < -0.3 is 10.2 Å². The fourth-order valence-electron chi connectivity index (χ4n) is 2.51. The Hall–Kier alpha value is -2.18. The fraction of sp³-hybridized carbons (Fsp3) is 0.571. The third-order valence-electron chi connectivity index (χ3n) is 3.94. The number of H-pyrrole nitrogens is 1. The average molecular weight is 290 g/mol. The summed E-state index contributed by atoms with van der Waals surface area (Å²) in [6, 6.07) is 1.50. The quantitative estimate of drug-likeness (QED) is 0.782. The summed E-state index contributed by atoms with van der Waals surface area (Å²) in [7, 11) is 0. The zero-order chi connectivity index (χ0) is 15.0. The van der Waals surface area contributed by atoms with Gasteiger partial charge >= 0.3 is 0 Å². The lowest BCUT2D eigenvalue weighted by atomic mass is 10.2.